The van der Waals surface area contributed by atoms with Gasteiger partial charge in [-0.3, -0.25) is 19.7 Å². The number of nitrogens with zero attached hydrogens (tertiary/aromatic N) is 2. The van der Waals surface area contributed by atoms with Gasteiger partial charge < -0.3 is 19.8 Å². The number of ether oxygens (including phenoxy) is 1. The number of non-ortho nitro benzene ring substituents is 1. The molecule has 162 valence electrons. The van der Waals surface area contributed by atoms with E-state index in [4.69, 9.17) is 9.84 Å². The van der Waals surface area contributed by atoms with Gasteiger partial charge in [0.2, 0.25) is 0 Å². The van der Waals surface area contributed by atoms with Crippen LogP contribution < -0.4 is 0 Å². The Hall–Kier alpha value is -3.63. The van der Waals surface area contributed by atoms with Crippen LogP contribution in [0.4, 0.5) is 10.1 Å². The molecule has 9 nitrogen and oxygen atoms in total. The van der Waals surface area contributed by atoms with Crippen LogP contribution in [0.1, 0.15) is 17.2 Å². The first-order chi connectivity index (χ1) is 14.8. The largest absolute Gasteiger partial charge is 0.507 e. The molecule has 0 aliphatic carbocycles. The lowest BCUT2D eigenvalue weighted by molar-refractivity contribution is -0.384. The zero-order chi connectivity index (χ0) is 22.5. The van der Waals surface area contributed by atoms with E-state index in [1.165, 1.54) is 30.3 Å². The number of aliphatic hydroxyl groups is 2. The van der Waals surface area contributed by atoms with E-state index in [0.717, 1.165) is 23.1 Å². The molecule has 0 radical (unpaired) electrons. The van der Waals surface area contributed by atoms with Gasteiger partial charge >= 0.3 is 0 Å². The van der Waals surface area contributed by atoms with E-state index in [-0.39, 0.29) is 48.8 Å². The van der Waals surface area contributed by atoms with Crippen LogP contribution in [0.2, 0.25) is 0 Å². The fourth-order valence-corrected chi connectivity index (χ4v) is 3.36. The fourth-order valence-electron chi connectivity index (χ4n) is 3.36. The van der Waals surface area contributed by atoms with Gasteiger partial charge in [-0.1, -0.05) is 12.1 Å². The summed E-state index contributed by atoms with van der Waals surface area (Å²) in [5.74, 6) is -2.98. The van der Waals surface area contributed by atoms with Gasteiger partial charge in [0, 0.05) is 24.2 Å². The highest BCUT2D eigenvalue weighted by atomic mass is 19.1. The third-order valence-electron chi connectivity index (χ3n) is 4.77. The Labute approximate surface area is 176 Å². The molecule has 0 spiro atoms. The van der Waals surface area contributed by atoms with Crippen LogP contribution in [0.3, 0.4) is 0 Å². The summed E-state index contributed by atoms with van der Waals surface area (Å²) in [4.78, 5) is 36.8. The Morgan fingerprint density at radius 3 is 2.48 bits per heavy atom. The van der Waals surface area contributed by atoms with Crippen molar-refractivity contribution >= 4 is 23.1 Å². The molecule has 1 heterocycles. The Morgan fingerprint density at radius 1 is 1.16 bits per heavy atom. The van der Waals surface area contributed by atoms with Gasteiger partial charge in [0.15, 0.2) is 0 Å². The third kappa shape index (κ3) is 4.60. The zero-order valence-corrected chi connectivity index (χ0v) is 16.2. The van der Waals surface area contributed by atoms with E-state index < -0.39 is 34.2 Å². The summed E-state index contributed by atoms with van der Waals surface area (Å²) in [6.07, 6.45) is 0. The van der Waals surface area contributed by atoms with Gasteiger partial charge in [-0.25, -0.2) is 4.39 Å². The molecule has 0 aromatic heterocycles. The molecule has 31 heavy (non-hydrogen) atoms. The topological polar surface area (TPSA) is 130 Å². The summed E-state index contributed by atoms with van der Waals surface area (Å²) >= 11 is 0. The number of likely N-dealkylation sites (tertiary alicyclic amines) is 1. The molecule has 3 rings (SSSR count). The Morgan fingerprint density at radius 2 is 1.87 bits per heavy atom. The van der Waals surface area contributed by atoms with Crippen LogP contribution in [0, 0.1) is 15.9 Å². The number of nitro benzene ring substituents is 1. The normalized spacial score (nSPS) is 17.9. The molecule has 2 N–H and O–H groups in total. The molecule has 1 unspecified atom stereocenters. The number of ketones is 1. The number of benzene rings is 2. The molecule has 0 saturated carbocycles. The van der Waals surface area contributed by atoms with Crippen molar-refractivity contribution in [2.45, 2.75) is 6.04 Å². The van der Waals surface area contributed by atoms with Crippen LogP contribution in [-0.4, -0.2) is 58.1 Å². The lowest BCUT2D eigenvalue weighted by Crippen LogP contribution is -2.33. The summed E-state index contributed by atoms with van der Waals surface area (Å²) in [5.41, 5.74) is -0.0994. The molecular formula is C21H19FN2O7. The minimum atomic E-state index is -1.08. The van der Waals surface area contributed by atoms with Crippen molar-refractivity contribution in [2.24, 2.45) is 0 Å². The van der Waals surface area contributed by atoms with Crippen molar-refractivity contribution in [1.29, 1.82) is 0 Å². The average molecular weight is 430 g/mol. The van der Waals surface area contributed by atoms with Crippen molar-refractivity contribution < 1.29 is 33.9 Å². The maximum absolute atomic E-state index is 13.9. The van der Waals surface area contributed by atoms with E-state index in [1.807, 2.05) is 0 Å². The minimum absolute atomic E-state index is 0.0109. The summed E-state index contributed by atoms with van der Waals surface area (Å²) in [7, 11) is 0. The number of hydrogen-bond acceptors (Lipinski definition) is 7. The highest BCUT2D eigenvalue weighted by Crippen LogP contribution is 2.39. The van der Waals surface area contributed by atoms with Crippen molar-refractivity contribution in [1.82, 2.24) is 4.90 Å². The molecule has 1 saturated heterocycles. The highest BCUT2D eigenvalue weighted by Gasteiger charge is 2.46. The summed E-state index contributed by atoms with van der Waals surface area (Å²) in [5, 5.41) is 30.5. The van der Waals surface area contributed by atoms with Crippen LogP contribution in [-0.2, 0) is 14.3 Å². The van der Waals surface area contributed by atoms with Crippen LogP contribution in [0.25, 0.3) is 5.76 Å². The first kappa shape index (κ1) is 22.1. The second kappa shape index (κ2) is 9.45. The van der Waals surface area contributed by atoms with Crippen molar-refractivity contribution in [2.75, 3.05) is 26.4 Å². The van der Waals surface area contributed by atoms with Gasteiger partial charge in [-0.2, -0.15) is 0 Å². The first-order valence-corrected chi connectivity index (χ1v) is 9.32. The SMILES string of the molecule is O=C1C(=O)N(CCOCCO)C(c2cccc(F)c2)/C1=C(/O)c1ccc([N+](=O)[O-])cc1. The second-order valence-electron chi connectivity index (χ2n) is 6.69. The maximum Gasteiger partial charge on any atom is 0.295 e. The summed E-state index contributed by atoms with van der Waals surface area (Å²) in [6, 6.07) is 9.04. The van der Waals surface area contributed by atoms with E-state index in [0.29, 0.717) is 0 Å². The predicted molar refractivity (Wildman–Crippen MR) is 106 cm³/mol. The van der Waals surface area contributed by atoms with Gasteiger partial charge in [-0.05, 0) is 29.8 Å². The van der Waals surface area contributed by atoms with Crippen LogP contribution in [0.15, 0.2) is 54.1 Å². The predicted octanol–water partition coefficient (Wildman–Crippen LogP) is 2.16. The first-order valence-electron chi connectivity index (χ1n) is 9.32. The average Bonchev–Trinajstić information content (AvgIpc) is 3.01. The molecule has 1 fully saturated rings. The standard InChI is InChI=1S/C21H19FN2O7/c22-15-3-1-2-14(12-15)18-17(19(26)13-4-6-16(7-5-13)24(29)30)20(27)21(28)23(18)8-10-31-11-9-25/h1-7,12,18,25-26H,8-11H2/b19-17-. The number of halogens is 1. The lowest BCUT2D eigenvalue weighted by Gasteiger charge is -2.25. The van der Waals surface area contributed by atoms with E-state index in [2.05, 4.69) is 0 Å². The van der Waals surface area contributed by atoms with E-state index in [1.54, 1.807) is 0 Å². The van der Waals surface area contributed by atoms with Gasteiger partial charge in [-0.15, -0.1) is 0 Å². The number of Topliss-reactive ketones (excluding diaryl/α,β-unsaturated/α-hetero) is 1. The van der Waals surface area contributed by atoms with Crippen LogP contribution in [0.5, 0.6) is 0 Å². The molecule has 2 aromatic rings. The zero-order valence-electron chi connectivity index (χ0n) is 16.2. The smallest absolute Gasteiger partial charge is 0.295 e. The summed E-state index contributed by atoms with van der Waals surface area (Å²) in [6.45, 7) is -0.205. The highest BCUT2D eigenvalue weighted by molar-refractivity contribution is 6.46. The number of rotatable bonds is 8. The molecule has 1 amide bonds. The number of nitro groups is 1. The van der Waals surface area contributed by atoms with Crippen molar-refractivity contribution in [3.8, 4) is 0 Å². The Balaban J connectivity index is 2.06. The van der Waals surface area contributed by atoms with Gasteiger partial charge in [0.1, 0.15) is 11.6 Å². The van der Waals surface area contributed by atoms with Gasteiger partial charge in [0.05, 0.1) is 36.4 Å². The lowest BCUT2D eigenvalue weighted by atomic mass is 9.95. The number of aliphatic hydroxyl groups excluding tert-OH is 2. The third-order valence-corrected chi connectivity index (χ3v) is 4.77. The second-order valence-corrected chi connectivity index (χ2v) is 6.69. The van der Waals surface area contributed by atoms with Crippen molar-refractivity contribution in [3.05, 3.63) is 81.2 Å². The molecule has 1 aliphatic heterocycles. The molecule has 1 atom stereocenters. The van der Waals surface area contributed by atoms with Crippen molar-refractivity contribution in [3.63, 3.8) is 0 Å². The number of amides is 1. The van der Waals surface area contributed by atoms with E-state index in [9.17, 15) is 29.2 Å². The molecular weight excluding hydrogens is 411 g/mol. The Bertz CT molecular complexity index is 1040. The van der Waals surface area contributed by atoms with E-state index >= 15 is 0 Å². The monoisotopic (exact) mass is 430 g/mol. The molecule has 2 aromatic carbocycles. The summed E-state index contributed by atoms with van der Waals surface area (Å²) < 4.78 is 19.1. The van der Waals surface area contributed by atoms with Gasteiger partial charge in [0.25, 0.3) is 17.4 Å². The molecule has 0 bridgehead atoms. The maximum atomic E-state index is 13.9. The number of carbonyl (C=O) groups is 2. The quantitative estimate of drug-likeness (QED) is 0.164. The van der Waals surface area contributed by atoms with Crippen LogP contribution >= 0.6 is 0 Å². The minimum Gasteiger partial charge on any atom is -0.507 e. The number of carbonyl (C=O) groups excluding carboxylic acids is 2. The molecule has 1 aliphatic rings. The molecule has 10 heteroatoms. The number of hydrogen-bond donors (Lipinski definition) is 2. The fraction of sp³-hybridized carbons (Fsp3) is 0.238. The Kier molecular flexibility index (Phi) is 6.73.